The smallest absolute Gasteiger partial charge is 0.240 e. The van der Waals surface area contributed by atoms with Crippen LogP contribution in [0.3, 0.4) is 0 Å². The molecule has 0 aromatic rings. The fourth-order valence-electron chi connectivity index (χ4n) is 3.72. The van der Waals surface area contributed by atoms with Crippen LogP contribution in [0.2, 0.25) is 0 Å². The summed E-state index contributed by atoms with van der Waals surface area (Å²) in [5, 5.41) is 16.4. The topological polar surface area (TPSA) is 64.6 Å². The van der Waals surface area contributed by atoms with Crippen molar-refractivity contribution in [2.45, 2.75) is 57.5 Å². The molecule has 0 radical (unpaired) electrons. The third-order valence-corrected chi connectivity index (χ3v) is 5.24. The molecular weight excluding hydrogens is 266 g/mol. The molecule has 0 spiro atoms. The molecule has 5 heteroatoms. The van der Waals surface area contributed by atoms with Gasteiger partial charge in [-0.05, 0) is 32.6 Å². The number of nitrogens with one attached hydrogen (secondary N) is 2. The van der Waals surface area contributed by atoms with E-state index in [9.17, 15) is 9.90 Å². The third-order valence-electron chi connectivity index (χ3n) is 5.24. The van der Waals surface area contributed by atoms with Gasteiger partial charge in [0.2, 0.25) is 5.91 Å². The number of rotatable bonds is 4. The first kappa shape index (κ1) is 16.7. The van der Waals surface area contributed by atoms with Crippen molar-refractivity contribution in [1.82, 2.24) is 15.5 Å². The molecule has 1 aliphatic carbocycles. The molecular formula is C16H31N3O2. The SMILES string of the molecule is CC1CCCC(CO)(NC(=O)C(C)(C)N2CCNCC2)C1. The average Bonchev–Trinajstić information content (AvgIpc) is 2.48. The van der Waals surface area contributed by atoms with E-state index in [1.54, 1.807) is 0 Å². The Morgan fingerprint density at radius 3 is 2.67 bits per heavy atom. The molecule has 0 aromatic heterocycles. The number of carbonyl (C=O) groups is 1. The standard InChI is InChI=1S/C16H31N3O2/c1-13-5-4-6-16(11-13,12-20)18-14(21)15(2,3)19-9-7-17-8-10-19/h13,17,20H,4-12H2,1-3H3,(H,18,21). The van der Waals surface area contributed by atoms with E-state index in [0.29, 0.717) is 5.92 Å². The van der Waals surface area contributed by atoms with E-state index in [0.717, 1.165) is 45.4 Å². The summed E-state index contributed by atoms with van der Waals surface area (Å²) < 4.78 is 0. The van der Waals surface area contributed by atoms with Crippen LogP contribution in [0, 0.1) is 5.92 Å². The van der Waals surface area contributed by atoms with Crippen molar-refractivity contribution < 1.29 is 9.90 Å². The molecule has 5 nitrogen and oxygen atoms in total. The normalized spacial score (nSPS) is 31.9. The maximum atomic E-state index is 12.8. The van der Waals surface area contributed by atoms with Gasteiger partial charge in [-0.1, -0.05) is 19.8 Å². The Kier molecular flexibility index (Phi) is 5.28. The van der Waals surface area contributed by atoms with E-state index in [1.807, 2.05) is 13.8 Å². The Morgan fingerprint density at radius 1 is 1.43 bits per heavy atom. The number of nitrogens with zero attached hydrogens (tertiary/aromatic N) is 1. The Hall–Kier alpha value is -0.650. The number of hydrogen-bond donors (Lipinski definition) is 3. The quantitative estimate of drug-likeness (QED) is 0.716. The van der Waals surface area contributed by atoms with Crippen molar-refractivity contribution in [1.29, 1.82) is 0 Å². The summed E-state index contributed by atoms with van der Waals surface area (Å²) in [6.07, 6.45) is 4.04. The first-order chi connectivity index (χ1) is 9.89. The molecule has 2 unspecified atom stereocenters. The predicted molar refractivity (Wildman–Crippen MR) is 84.1 cm³/mol. The second-order valence-corrected chi connectivity index (χ2v) is 7.39. The van der Waals surface area contributed by atoms with Gasteiger partial charge in [-0.3, -0.25) is 9.69 Å². The van der Waals surface area contributed by atoms with E-state index < -0.39 is 11.1 Å². The lowest BCUT2D eigenvalue weighted by atomic mass is 9.76. The number of aliphatic hydroxyl groups is 1. The summed E-state index contributed by atoms with van der Waals surface area (Å²) in [5.74, 6) is 0.612. The van der Waals surface area contributed by atoms with Crippen molar-refractivity contribution in [3.8, 4) is 0 Å². The minimum Gasteiger partial charge on any atom is -0.394 e. The average molecular weight is 297 g/mol. The molecule has 122 valence electrons. The Bertz CT molecular complexity index is 367. The molecule has 1 saturated carbocycles. The van der Waals surface area contributed by atoms with Crippen LogP contribution >= 0.6 is 0 Å². The Balaban J connectivity index is 2.04. The summed E-state index contributed by atoms with van der Waals surface area (Å²) in [6.45, 7) is 9.87. The van der Waals surface area contributed by atoms with Gasteiger partial charge in [0.1, 0.15) is 0 Å². The molecule has 1 aliphatic heterocycles. The number of piperazine rings is 1. The van der Waals surface area contributed by atoms with Gasteiger partial charge in [0.25, 0.3) is 0 Å². The van der Waals surface area contributed by atoms with Crippen LogP contribution in [0.15, 0.2) is 0 Å². The third kappa shape index (κ3) is 3.76. The van der Waals surface area contributed by atoms with Gasteiger partial charge in [0.15, 0.2) is 0 Å². The lowest BCUT2D eigenvalue weighted by Gasteiger charge is -2.45. The molecule has 0 aromatic carbocycles. The zero-order chi connectivity index (χ0) is 15.5. The minimum atomic E-state index is -0.523. The van der Waals surface area contributed by atoms with Gasteiger partial charge in [-0.15, -0.1) is 0 Å². The lowest BCUT2D eigenvalue weighted by molar-refractivity contribution is -0.135. The van der Waals surface area contributed by atoms with Gasteiger partial charge in [0.05, 0.1) is 17.7 Å². The number of amides is 1. The molecule has 1 amide bonds. The van der Waals surface area contributed by atoms with Crippen LogP contribution in [0.4, 0.5) is 0 Å². The largest absolute Gasteiger partial charge is 0.394 e. The van der Waals surface area contributed by atoms with Crippen LogP contribution in [-0.4, -0.2) is 59.8 Å². The van der Waals surface area contributed by atoms with Crippen molar-refractivity contribution in [2.75, 3.05) is 32.8 Å². The minimum absolute atomic E-state index is 0.0424. The summed E-state index contributed by atoms with van der Waals surface area (Å²) in [6, 6.07) is 0. The second kappa shape index (κ2) is 6.63. The van der Waals surface area contributed by atoms with Crippen LogP contribution < -0.4 is 10.6 Å². The molecule has 2 aliphatic rings. The summed E-state index contributed by atoms with van der Waals surface area (Å²) >= 11 is 0. The monoisotopic (exact) mass is 297 g/mol. The highest BCUT2D eigenvalue weighted by Gasteiger charge is 2.41. The summed E-state index contributed by atoms with van der Waals surface area (Å²) in [5.41, 5.74) is -0.939. The van der Waals surface area contributed by atoms with E-state index in [2.05, 4.69) is 22.5 Å². The van der Waals surface area contributed by atoms with E-state index >= 15 is 0 Å². The van der Waals surface area contributed by atoms with Crippen molar-refractivity contribution >= 4 is 5.91 Å². The second-order valence-electron chi connectivity index (χ2n) is 7.39. The maximum Gasteiger partial charge on any atom is 0.240 e. The number of carbonyl (C=O) groups excluding carboxylic acids is 1. The van der Waals surface area contributed by atoms with E-state index in [-0.39, 0.29) is 12.5 Å². The van der Waals surface area contributed by atoms with Crippen LogP contribution in [0.5, 0.6) is 0 Å². The molecule has 3 N–H and O–H groups in total. The zero-order valence-electron chi connectivity index (χ0n) is 13.7. The molecule has 0 bridgehead atoms. The fourth-order valence-corrected chi connectivity index (χ4v) is 3.72. The Morgan fingerprint density at radius 2 is 2.10 bits per heavy atom. The molecule has 1 saturated heterocycles. The first-order valence-corrected chi connectivity index (χ1v) is 8.29. The van der Waals surface area contributed by atoms with Crippen LogP contribution in [0.25, 0.3) is 0 Å². The zero-order valence-corrected chi connectivity index (χ0v) is 13.7. The molecule has 1 heterocycles. The van der Waals surface area contributed by atoms with Crippen LogP contribution in [0.1, 0.15) is 46.5 Å². The fraction of sp³-hybridized carbons (Fsp3) is 0.938. The number of aliphatic hydroxyl groups excluding tert-OH is 1. The highest BCUT2D eigenvalue weighted by Crippen LogP contribution is 2.32. The van der Waals surface area contributed by atoms with Gasteiger partial charge < -0.3 is 15.7 Å². The van der Waals surface area contributed by atoms with E-state index in [4.69, 9.17) is 0 Å². The van der Waals surface area contributed by atoms with Gasteiger partial charge in [-0.2, -0.15) is 0 Å². The van der Waals surface area contributed by atoms with Crippen molar-refractivity contribution in [3.63, 3.8) is 0 Å². The van der Waals surface area contributed by atoms with Crippen molar-refractivity contribution in [2.24, 2.45) is 5.92 Å². The van der Waals surface area contributed by atoms with E-state index in [1.165, 1.54) is 6.42 Å². The molecule has 2 atom stereocenters. The van der Waals surface area contributed by atoms with Gasteiger partial charge >= 0.3 is 0 Å². The van der Waals surface area contributed by atoms with Gasteiger partial charge in [0, 0.05) is 26.2 Å². The highest BCUT2D eigenvalue weighted by atomic mass is 16.3. The number of hydrogen-bond acceptors (Lipinski definition) is 4. The first-order valence-electron chi connectivity index (χ1n) is 8.29. The summed E-state index contributed by atoms with van der Waals surface area (Å²) in [7, 11) is 0. The Labute approximate surface area is 128 Å². The molecule has 2 fully saturated rings. The predicted octanol–water partition coefficient (Wildman–Crippen LogP) is 0.728. The maximum absolute atomic E-state index is 12.8. The van der Waals surface area contributed by atoms with Gasteiger partial charge in [-0.25, -0.2) is 0 Å². The summed E-state index contributed by atoms with van der Waals surface area (Å²) in [4.78, 5) is 15.1. The van der Waals surface area contributed by atoms with Crippen LogP contribution in [-0.2, 0) is 4.79 Å². The molecule has 2 rings (SSSR count). The molecule has 21 heavy (non-hydrogen) atoms. The highest BCUT2D eigenvalue weighted by molar-refractivity contribution is 5.86. The van der Waals surface area contributed by atoms with Crippen molar-refractivity contribution in [3.05, 3.63) is 0 Å². The lowest BCUT2D eigenvalue weighted by Crippen LogP contribution is -2.64.